The average Bonchev–Trinajstić information content (AvgIpc) is 2.45. The molecule has 0 aliphatic carbocycles. The summed E-state index contributed by atoms with van der Waals surface area (Å²) < 4.78 is 5.20. The zero-order chi connectivity index (χ0) is 14.1. The minimum absolute atomic E-state index is 0.469. The highest BCUT2D eigenvalue weighted by Gasteiger charge is 2.14. The summed E-state index contributed by atoms with van der Waals surface area (Å²) in [4.78, 5) is 7.06. The molecule has 0 saturated heterocycles. The topological polar surface area (TPSA) is 37.4 Å². The van der Waals surface area contributed by atoms with Gasteiger partial charge in [-0.15, -0.1) is 0 Å². The molecule has 0 bridgehead atoms. The van der Waals surface area contributed by atoms with Gasteiger partial charge in [-0.05, 0) is 32.0 Å². The van der Waals surface area contributed by atoms with E-state index in [1.54, 1.807) is 7.11 Å². The van der Waals surface area contributed by atoms with Gasteiger partial charge in [0.25, 0.3) is 0 Å². The summed E-state index contributed by atoms with van der Waals surface area (Å²) >= 11 is 0. The van der Waals surface area contributed by atoms with Crippen molar-refractivity contribution in [3.8, 4) is 0 Å². The standard InChI is InChI=1S/C15H27N3O/c1-5-13(3)18(10-11-19-4)15-9-7-8-14(17-15)12-16-6-2/h7-9,13,16H,5-6,10-12H2,1-4H3. The van der Waals surface area contributed by atoms with Crippen LogP contribution in [0.4, 0.5) is 5.82 Å². The van der Waals surface area contributed by atoms with Gasteiger partial charge in [-0.3, -0.25) is 0 Å². The summed E-state index contributed by atoms with van der Waals surface area (Å²) in [6, 6.07) is 6.70. The van der Waals surface area contributed by atoms with Crippen LogP contribution in [0.3, 0.4) is 0 Å². The molecule has 1 heterocycles. The molecule has 1 unspecified atom stereocenters. The number of nitrogens with one attached hydrogen (secondary N) is 1. The van der Waals surface area contributed by atoms with E-state index in [1.807, 2.05) is 0 Å². The molecule has 0 amide bonds. The van der Waals surface area contributed by atoms with Crippen molar-refractivity contribution in [3.05, 3.63) is 23.9 Å². The third-order valence-electron chi connectivity index (χ3n) is 3.30. The van der Waals surface area contributed by atoms with Crippen LogP contribution >= 0.6 is 0 Å². The molecule has 0 fully saturated rings. The number of nitrogens with zero attached hydrogens (tertiary/aromatic N) is 2. The van der Waals surface area contributed by atoms with Crippen molar-refractivity contribution in [2.75, 3.05) is 31.7 Å². The van der Waals surface area contributed by atoms with Gasteiger partial charge in [0.1, 0.15) is 5.82 Å². The second-order valence-corrected chi connectivity index (χ2v) is 4.71. The number of hydrogen-bond acceptors (Lipinski definition) is 4. The molecule has 0 aliphatic rings. The number of rotatable bonds is 9. The maximum atomic E-state index is 5.20. The molecule has 0 saturated carbocycles. The lowest BCUT2D eigenvalue weighted by atomic mass is 10.2. The van der Waals surface area contributed by atoms with Crippen molar-refractivity contribution in [1.82, 2.24) is 10.3 Å². The SMILES string of the molecule is CCNCc1cccc(N(CCOC)C(C)CC)n1. The van der Waals surface area contributed by atoms with E-state index in [4.69, 9.17) is 9.72 Å². The fourth-order valence-electron chi connectivity index (χ4n) is 1.95. The van der Waals surface area contributed by atoms with E-state index >= 15 is 0 Å². The van der Waals surface area contributed by atoms with Gasteiger partial charge in [0, 0.05) is 26.2 Å². The number of hydrogen-bond donors (Lipinski definition) is 1. The van der Waals surface area contributed by atoms with Gasteiger partial charge in [0.05, 0.1) is 12.3 Å². The molecule has 1 rings (SSSR count). The minimum atomic E-state index is 0.469. The van der Waals surface area contributed by atoms with Crippen LogP contribution in [0.2, 0.25) is 0 Å². The highest BCUT2D eigenvalue weighted by molar-refractivity contribution is 5.40. The Labute approximate surface area is 117 Å². The molecule has 4 heteroatoms. The summed E-state index contributed by atoms with van der Waals surface area (Å²) in [6.07, 6.45) is 1.10. The van der Waals surface area contributed by atoms with Crippen molar-refractivity contribution in [2.45, 2.75) is 39.8 Å². The van der Waals surface area contributed by atoms with Crippen molar-refractivity contribution < 1.29 is 4.74 Å². The molecule has 108 valence electrons. The third kappa shape index (κ3) is 5.17. The minimum Gasteiger partial charge on any atom is -0.383 e. The maximum absolute atomic E-state index is 5.20. The Morgan fingerprint density at radius 1 is 1.37 bits per heavy atom. The van der Waals surface area contributed by atoms with Gasteiger partial charge in [-0.2, -0.15) is 0 Å². The Hall–Kier alpha value is -1.13. The normalized spacial score (nSPS) is 12.4. The molecule has 1 N–H and O–H groups in total. The fourth-order valence-corrected chi connectivity index (χ4v) is 1.95. The monoisotopic (exact) mass is 265 g/mol. The predicted molar refractivity (Wildman–Crippen MR) is 80.6 cm³/mol. The fraction of sp³-hybridized carbons (Fsp3) is 0.667. The Morgan fingerprint density at radius 2 is 2.16 bits per heavy atom. The lowest BCUT2D eigenvalue weighted by molar-refractivity contribution is 0.203. The van der Waals surface area contributed by atoms with Gasteiger partial charge in [-0.1, -0.05) is 19.9 Å². The highest BCUT2D eigenvalue weighted by Crippen LogP contribution is 2.16. The van der Waals surface area contributed by atoms with Crippen LogP contribution in [0.1, 0.15) is 32.9 Å². The number of anilines is 1. The molecule has 1 aromatic rings. The van der Waals surface area contributed by atoms with E-state index < -0.39 is 0 Å². The molecule has 0 radical (unpaired) electrons. The van der Waals surface area contributed by atoms with Crippen LogP contribution in [-0.2, 0) is 11.3 Å². The van der Waals surface area contributed by atoms with Crippen molar-refractivity contribution >= 4 is 5.82 Å². The van der Waals surface area contributed by atoms with Gasteiger partial charge >= 0.3 is 0 Å². The molecule has 1 aromatic heterocycles. The van der Waals surface area contributed by atoms with Gasteiger partial charge < -0.3 is 15.0 Å². The average molecular weight is 265 g/mol. The van der Waals surface area contributed by atoms with Crippen LogP contribution in [0, 0.1) is 0 Å². The number of methoxy groups -OCH3 is 1. The van der Waals surface area contributed by atoms with Crippen LogP contribution in [0.25, 0.3) is 0 Å². The van der Waals surface area contributed by atoms with Crippen LogP contribution in [-0.4, -0.2) is 37.8 Å². The zero-order valence-corrected chi connectivity index (χ0v) is 12.6. The lowest BCUT2D eigenvalue weighted by Gasteiger charge is -2.29. The largest absolute Gasteiger partial charge is 0.383 e. The molecule has 1 atom stereocenters. The van der Waals surface area contributed by atoms with Crippen molar-refractivity contribution in [3.63, 3.8) is 0 Å². The van der Waals surface area contributed by atoms with E-state index in [-0.39, 0.29) is 0 Å². The molecule has 0 spiro atoms. The first kappa shape index (κ1) is 15.9. The Balaban J connectivity index is 2.81. The van der Waals surface area contributed by atoms with E-state index in [2.05, 4.69) is 49.2 Å². The predicted octanol–water partition coefficient (Wildman–Crippen LogP) is 2.44. The Kier molecular flexibility index (Phi) is 7.45. The summed E-state index contributed by atoms with van der Waals surface area (Å²) in [5, 5.41) is 3.31. The van der Waals surface area contributed by atoms with E-state index in [0.29, 0.717) is 6.04 Å². The van der Waals surface area contributed by atoms with E-state index in [9.17, 15) is 0 Å². The molecule has 4 nitrogen and oxygen atoms in total. The quantitative estimate of drug-likeness (QED) is 0.744. The Morgan fingerprint density at radius 3 is 2.79 bits per heavy atom. The molecule has 19 heavy (non-hydrogen) atoms. The van der Waals surface area contributed by atoms with Crippen LogP contribution in [0.5, 0.6) is 0 Å². The first-order chi connectivity index (χ1) is 9.22. The summed E-state index contributed by atoms with van der Waals surface area (Å²) in [5.74, 6) is 1.04. The number of aromatic nitrogens is 1. The summed E-state index contributed by atoms with van der Waals surface area (Å²) in [6.45, 7) is 9.93. The van der Waals surface area contributed by atoms with Gasteiger partial charge in [0.15, 0.2) is 0 Å². The second-order valence-electron chi connectivity index (χ2n) is 4.71. The number of ether oxygens (including phenoxy) is 1. The number of pyridine rings is 1. The smallest absolute Gasteiger partial charge is 0.129 e. The van der Waals surface area contributed by atoms with Gasteiger partial charge in [0.2, 0.25) is 0 Å². The summed E-state index contributed by atoms with van der Waals surface area (Å²) in [7, 11) is 1.74. The summed E-state index contributed by atoms with van der Waals surface area (Å²) in [5.41, 5.74) is 1.09. The molecule has 0 aliphatic heterocycles. The Bertz CT molecular complexity index is 357. The van der Waals surface area contributed by atoms with Crippen LogP contribution < -0.4 is 10.2 Å². The van der Waals surface area contributed by atoms with E-state index in [1.165, 1.54) is 0 Å². The van der Waals surface area contributed by atoms with Crippen molar-refractivity contribution in [2.24, 2.45) is 0 Å². The first-order valence-corrected chi connectivity index (χ1v) is 7.15. The molecular formula is C15H27N3O. The molecular weight excluding hydrogens is 238 g/mol. The molecule has 0 aromatic carbocycles. The lowest BCUT2D eigenvalue weighted by Crippen LogP contribution is -2.36. The van der Waals surface area contributed by atoms with E-state index in [0.717, 1.165) is 44.2 Å². The van der Waals surface area contributed by atoms with Gasteiger partial charge in [-0.25, -0.2) is 4.98 Å². The highest BCUT2D eigenvalue weighted by atomic mass is 16.5. The van der Waals surface area contributed by atoms with Crippen molar-refractivity contribution in [1.29, 1.82) is 0 Å². The first-order valence-electron chi connectivity index (χ1n) is 7.15. The van der Waals surface area contributed by atoms with Crippen LogP contribution in [0.15, 0.2) is 18.2 Å². The maximum Gasteiger partial charge on any atom is 0.129 e. The zero-order valence-electron chi connectivity index (χ0n) is 12.6. The third-order valence-corrected chi connectivity index (χ3v) is 3.30. The second kappa shape index (κ2) is 8.88.